The summed E-state index contributed by atoms with van der Waals surface area (Å²) in [5, 5.41) is 2.87. The topological polar surface area (TPSA) is 65.8 Å². The van der Waals surface area contributed by atoms with Gasteiger partial charge in [-0.1, -0.05) is 12.8 Å². The van der Waals surface area contributed by atoms with Crippen LogP contribution in [0.1, 0.15) is 44.3 Å². The van der Waals surface area contributed by atoms with E-state index in [-0.39, 0.29) is 5.91 Å². The molecule has 0 aliphatic carbocycles. The molecule has 0 spiro atoms. The molecule has 6 heteroatoms. The van der Waals surface area contributed by atoms with Gasteiger partial charge in [-0.05, 0) is 50.3 Å². The average Bonchev–Trinajstić information content (AvgIpc) is 2.98. The van der Waals surface area contributed by atoms with Crippen molar-refractivity contribution in [2.75, 3.05) is 32.7 Å². The minimum Gasteiger partial charge on any atom is -0.468 e. The molecule has 138 valence electrons. The quantitative estimate of drug-likeness (QED) is 0.846. The predicted octanol–water partition coefficient (Wildman–Crippen LogP) is 2.01. The van der Waals surface area contributed by atoms with E-state index in [0.717, 1.165) is 63.9 Å². The number of furan rings is 1. The van der Waals surface area contributed by atoms with Crippen LogP contribution >= 0.6 is 0 Å². The van der Waals surface area contributed by atoms with Crippen LogP contribution in [0, 0.1) is 5.92 Å². The van der Waals surface area contributed by atoms with Crippen molar-refractivity contribution in [3.05, 3.63) is 24.2 Å². The fourth-order valence-corrected chi connectivity index (χ4v) is 3.81. The number of hydrogen-bond donors (Lipinski definition) is 1. The summed E-state index contributed by atoms with van der Waals surface area (Å²) in [6.45, 7) is 4.80. The first-order valence-corrected chi connectivity index (χ1v) is 9.54. The molecule has 2 fully saturated rings. The summed E-state index contributed by atoms with van der Waals surface area (Å²) in [6, 6.07) is 3.90. The van der Waals surface area contributed by atoms with Crippen molar-refractivity contribution in [3.63, 3.8) is 0 Å². The fraction of sp³-hybridized carbons (Fsp3) is 0.684. The van der Waals surface area contributed by atoms with Gasteiger partial charge >= 0.3 is 11.8 Å². The van der Waals surface area contributed by atoms with E-state index in [1.54, 1.807) is 11.2 Å². The predicted molar refractivity (Wildman–Crippen MR) is 94.8 cm³/mol. The summed E-state index contributed by atoms with van der Waals surface area (Å²) < 4.78 is 5.42. The Balaban J connectivity index is 1.42. The summed E-state index contributed by atoms with van der Waals surface area (Å²) >= 11 is 0. The zero-order chi connectivity index (χ0) is 17.5. The Hall–Kier alpha value is -1.82. The highest BCUT2D eigenvalue weighted by molar-refractivity contribution is 6.35. The lowest BCUT2D eigenvalue weighted by Crippen LogP contribution is -2.46. The fourth-order valence-electron chi connectivity index (χ4n) is 3.81. The third-order valence-corrected chi connectivity index (χ3v) is 5.20. The van der Waals surface area contributed by atoms with Crippen LogP contribution in [0.15, 0.2) is 22.8 Å². The highest BCUT2D eigenvalue weighted by Crippen LogP contribution is 2.18. The first kappa shape index (κ1) is 18.0. The van der Waals surface area contributed by atoms with Gasteiger partial charge in [0.1, 0.15) is 5.76 Å². The molecule has 1 atom stereocenters. The molecule has 0 bridgehead atoms. The normalized spacial score (nSPS) is 22.4. The lowest BCUT2D eigenvalue weighted by molar-refractivity contribution is -0.145. The summed E-state index contributed by atoms with van der Waals surface area (Å²) in [7, 11) is 0. The van der Waals surface area contributed by atoms with E-state index in [4.69, 9.17) is 4.42 Å². The maximum absolute atomic E-state index is 12.3. The zero-order valence-electron chi connectivity index (χ0n) is 14.9. The Morgan fingerprint density at radius 3 is 2.64 bits per heavy atom. The molecule has 6 nitrogen and oxygen atoms in total. The maximum Gasteiger partial charge on any atom is 0.311 e. The summed E-state index contributed by atoms with van der Waals surface area (Å²) in [4.78, 5) is 28.6. The lowest BCUT2D eigenvalue weighted by atomic mass is 9.98. The molecule has 3 heterocycles. The molecule has 1 aromatic heterocycles. The lowest BCUT2D eigenvalue weighted by Gasteiger charge is -2.32. The number of likely N-dealkylation sites (tertiary alicyclic amines) is 2. The van der Waals surface area contributed by atoms with Gasteiger partial charge in [0.15, 0.2) is 0 Å². The van der Waals surface area contributed by atoms with Gasteiger partial charge < -0.3 is 14.6 Å². The molecule has 0 radical (unpaired) electrons. The van der Waals surface area contributed by atoms with Crippen molar-refractivity contribution in [3.8, 4) is 0 Å². The number of carbonyl (C=O) groups is 2. The van der Waals surface area contributed by atoms with E-state index in [0.29, 0.717) is 25.6 Å². The van der Waals surface area contributed by atoms with E-state index in [1.165, 1.54) is 0 Å². The molecule has 2 amide bonds. The van der Waals surface area contributed by atoms with Crippen molar-refractivity contribution in [2.45, 2.75) is 45.1 Å². The molecule has 2 saturated heterocycles. The van der Waals surface area contributed by atoms with Gasteiger partial charge in [0.05, 0.1) is 12.8 Å². The number of carbonyl (C=O) groups excluding carboxylic acids is 2. The Morgan fingerprint density at radius 2 is 1.92 bits per heavy atom. The number of hydrogen-bond acceptors (Lipinski definition) is 4. The Kier molecular flexibility index (Phi) is 6.50. The van der Waals surface area contributed by atoms with Crippen LogP contribution in [-0.2, 0) is 16.1 Å². The summed E-state index contributed by atoms with van der Waals surface area (Å²) in [5.74, 6) is 0.570. The van der Waals surface area contributed by atoms with Crippen molar-refractivity contribution in [2.24, 2.45) is 5.92 Å². The Bertz CT molecular complexity index is 550. The van der Waals surface area contributed by atoms with E-state index in [2.05, 4.69) is 10.2 Å². The molecule has 2 aliphatic heterocycles. The second-order valence-corrected chi connectivity index (χ2v) is 7.24. The third-order valence-electron chi connectivity index (χ3n) is 5.20. The summed E-state index contributed by atoms with van der Waals surface area (Å²) in [5.41, 5.74) is 0. The summed E-state index contributed by atoms with van der Waals surface area (Å²) in [6.07, 6.45) is 8.21. The van der Waals surface area contributed by atoms with Crippen LogP contribution < -0.4 is 5.32 Å². The standard InChI is InChI=1S/C19H29N3O3/c23-18(19(24)22-10-3-1-2-4-11-22)20-13-16-7-5-9-21(14-16)15-17-8-6-12-25-17/h6,8,12,16H,1-5,7,9-11,13-15H2,(H,20,23)/t16-/m1/s1. The Morgan fingerprint density at radius 1 is 1.12 bits per heavy atom. The van der Waals surface area contributed by atoms with Gasteiger partial charge in [0.25, 0.3) is 0 Å². The SMILES string of the molecule is O=C(NC[C@H]1CCCN(Cc2ccco2)C1)C(=O)N1CCCCCC1. The van der Waals surface area contributed by atoms with Crippen LogP contribution in [0.4, 0.5) is 0 Å². The van der Waals surface area contributed by atoms with Crippen LogP contribution in [0.2, 0.25) is 0 Å². The minimum absolute atomic E-state index is 0.356. The van der Waals surface area contributed by atoms with Gasteiger partial charge in [0.2, 0.25) is 0 Å². The van der Waals surface area contributed by atoms with E-state index in [1.807, 2.05) is 12.1 Å². The van der Waals surface area contributed by atoms with Gasteiger partial charge in [0, 0.05) is 26.2 Å². The zero-order valence-corrected chi connectivity index (χ0v) is 14.9. The molecule has 0 unspecified atom stereocenters. The molecular formula is C19H29N3O3. The van der Waals surface area contributed by atoms with Crippen LogP contribution in [0.5, 0.6) is 0 Å². The molecule has 3 rings (SSSR count). The van der Waals surface area contributed by atoms with Crippen molar-refractivity contribution in [1.29, 1.82) is 0 Å². The molecule has 1 N–H and O–H groups in total. The molecule has 1 aromatic rings. The van der Waals surface area contributed by atoms with Crippen LogP contribution in [-0.4, -0.2) is 54.3 Å². The van der Waals surface area contributed by atoms with Gasteiger partial charge in [-0.15, -0.1) is 0 Å². The highest BCUT2D eigenvalue weighted by atomic mass is 16.3. The van der Waals surface area contributed by atoms with Crippen molar-refractivity contribution >= 4 is 11.8 Å². The molecule has 0 saturated carbocycles. The number of rotatable bonds is 4. The smallest absolute Gasteiger partial charge is 0.311 e. The van der Waals surface area contributed by atoms with E-state index >= 15 is 0 Å². The Labute approximate surface area is 149 Å². The van der Waals surface area contributed by atoms with Crippen LogP contribution in [0.3, 0.4) is 0 Å². The van der Waals surface area contributed by atoms with Gasteiger partial charge in [-0.2, -0.15) is 0 Å². The van der Waals surface area contributed by atoms with E-state index in [9.17, 15) is 9.59 Å². The largest absolute Gasteiger partial charge is 0.468 e. The molecular weight excluding hydrogens is 318 g/mol. The molecule has 2 aliphatic rings. The second kappa shape index (κ2) is 9.04. The monoisotopic (exact) mass is 347 g/mol. The highest BCUT2D eigenvalue weighted by Gasteiger charge is 2.25. The molecule has 25 heavy (non-hydrogen) atoms. The minimum atomic E-state index is -0.440. The number of nitrogens with zero attached hydrogens (tertiary/aromatic N) is 2. The number of amides is 2. The number of piperidine rings is 1. The third kappa shape index (κ3) is 5.33. The van der Waals surface area contributed by atoms with Crippen molar-refractivity contribution in [1.82, 2.24) is 15.1 Å². The number of nitrogens with one attached hydrogen (secondary N) is 1. The first-order chi connectivity index (χ1) is 12.2. The van der Waals surface area contributed by atoms with Gasteiger partial charge in [-0.25, -0.2) is 0 Å². The van der Waals surface area contributed by atoms with Gasteiger partial charge in [-0.3, -0.25) is 14.5 Å². The van der Waals surface area contributed by atoms with Crippen molar-refractivity contribution < 1.29 is 14.0 Å². The van der Waals surface area contributed by atoms with Crippen LogP contribution in [0.25, 0.3) is 0 Å². The van der Waals surface area contributed by atoms with E-state index < -0.39 is 5.91 Å². The average molecular weight is 347 g/mol. The second-order valence-electron chi connectivity index (χ2n) is 7.24. The molecule has 0 aromatic carbocycles. The first-order valence-electron chi connectivity index (χ1n) is 9.54. The maximum atomic E-state index is 12.3.